The van der Waals surface area contributed by atoms with Gasteiger partial charge in [0.1, 0.15) is 5.58 Å². The zero-order valence-corrected chi connectivity index (χ0v) is 18.9. The Balaban J connectivity index is 1.36. The number of halogens is 1. The van der Waals surface area contributed by atoms with Gasteiger partial charge in [0.05, 0.1) is 29.5 Å². The zero-order chi connectivity index (χ0) is 22.1. The molecule has 5 rings (SSSR count). The van der Waals surface area contributed by atoms with Crippen LogP contribution in [0, 0.1) is 0 Å². The second-order valence-corrected chi connectivity index (χ2v) is 9.33. The van der Waals surface area contributed by atoms with Crippen LogP contribution in [0.5, 0.6) is 0 Å². The number of urea groups is 1. The van der Waals surface area contributed by atoms with Crippen molar-refractivity contribution in [2.45, 2.75) is 44.1 Å². The van der Waals surface area contributed by atoms with Gasteiger partial charge in [-0.1, -0.05) is 30.9 Å². The van der Waals surface area contributed by atoms with Gasteiger partial charge in [-0.2, -0.15) is 0 Å². The van der Waals surface area contributed by atoms with Crippen molar-refractivity contribution >= 4 is 40.2 Å². The number of carbonyl (C=O) groups is 2. The summed E-state index contributed by atoms with van der Waals surface area (Å²) in [6.45, 7) is 4.93. The second-order valence-electron chi connectivity index (χ2n) is 8.92. The van der Waals surface area contributed by atoms with Crippen LogP contribution in [0.2, 0.25) is 5.02 Å². The van der Waals surface area contributed by atoms with Gasteiger partial charge in [0.15, 0.2) is 5.76 Å². The van der Waals surface area contributed by atoms with Crippen molar-refractivity contribution in [1.29, 1.82) is 0 Å². The number of nitrogens with zero attached hydrogens (tertiary/aromatic N) is 1. The van der Waals surface area contributed by atoms with Gasteiger partial charge in [-0.05, 0) is 37.9 Å². The largest absolute Gasteiger partial charge is 0.450 e. The average molecular weight is 461 g/mol. The van der Waals surface area contributed by atoms with Gasteiger partial charge in [0.25, 0.3) is 5.91 Å². The number of hydrogen-bond acceptors (Lipinski definition) is 5. The summed E-state index contributed by atoms with van der Waals surface area (Å²) in [4.78, 5) is 27.5. The maximum absolute atomic E-state index is 12.8. The van der Waals surface area contributed by atoms with Gasteiger partial charge >= 0.3 is 6.03 Å². The van der Waals surface area contributed by atoms with E-state index >= 15 is 0 Å². The maximum atomic E-state index is 12.8. The summed E-state index contributed by atoms with van der Waals surface area (Å²) in [6.07, 6.45) is 5.70. The third kappa shape index (κ3) is 4.07. The molecule has 172 valence electrons. The van der Waals surface area contributed by atoms with Crippen LogP contribution in [0.1, 0.15) is 54.6 Å². The molecule has 3 aliphatic rings. The molecule has 1 saturated carbocycles. The van der Waals surface area contributed by atoms with Crippen LogP contribution in [-0.4, -0.2) is 56.2 Å². The van der Waals surface area contributed by atoms with E-state index in [2.05, 4.69) is 20.9 Å². The van der Waals surface area contributed by atoms with Crippen molar-refractivity contribution in [3.05, 3.63) is 28.5 Å². The summed E-state index contributed by atoms with van der Waals surface area (Å²) in [5.41, 5.74) is 1.57. The summed E-state index contributed by atoms with van der Waals surface area (Å²) < 4.78 is 11.5. The molecule has 8 nitrogen and oxygen atoms in total. The summed E-state index contributed by atoms with van der Waals surface area (Å²) in [5, 5.41) is 10.2. The van der Waals surface area contributed by atoms with E-state index < -0.39 is 5.54 Å². The van der Waals surface area contributed by atoms with E-state index in [9.17, 15) is 9.59 Å². The molecule has 0 unspecified atom stereocenters. The lowest BCUT2D eigenvalue weighted by Gasteiger charge is -2.42. The molecule has 3 heterocycles. The van der Waals surface area contributed by atoms with Crippen LogP contribution in [0.4, 0.5) is 10.5 Å². The van der Waals surface area contributed by atoms with E-state index in [1.807, 2.05) is 0 Å². The van der Waals surface area contributed by atoms with Crippen LogP contribution in [0.3, 0.4) is 0 Å². The Hall–Kier alpha value is -2.29. The van der Waals surface area contributed by atoms with Crippen LogP contribution < -0.4 is 16.0 Å². The van der Waals surface area contributed by atoms with Gasteiger partial charge < -0.3 is 25.1 Å². The number of amides is 3. The van der Waals surface area contributed by atoms with Crippen molar-refractivity contribution in [3.63, 3.8) is 0 Å². The SMILES string of the molecule is O=C1Nc2c(Cl)cc3cc(C(=O)NCCCN4CCOCC4)oc3c2C2(CCCCC2)N1. The number of morpholine rings is 1. The van der Waals surface area contributed by atoms with Crippen molar-refractivity contribution in [3.8, 4) is 0 Å². The van der Waals surface area contributed by atoms with E-state index in [0.717, 1.165) is 82.3 Å². The van der Waals surface area contributed by atoms with Crippen LogP contribution in [0.25, 0.3) is 11.0 Å². The fourth-order valence-electron chi connectivity index (χ4n) is 5.21. The van der Waals surface area contributed by atoms with Crippen LogP contribution in [-0.2, 0) is 10.3 Å². The minimum atomic E-state index is -0.511. The van der Waals surface area contributed by atoms with E-state index in [0.29, 0.717) is 22.8 Å². The Morgan fingerprint density at radius 2 is 1.97 bits per heavy atom. The van der Waals surface area contributed by atoms with Gasteiger partial charge in [0.2, 0.25) is 0 Å². The summed E-state index contributed by atoms with van der Waals surface area (Å²) in [7, 11) is 0. The number of fused-ring (bicyclic) bond motifs is 4. The lowest BCUT2D eigenvalue weighted by molar-refractivity contribution is 0.0374. The fraction of sp³-hybridized carbons (Fsp3) is 0.565. The van der Waals surface area contributed by atoms with E-state index in [1.54, 1.807) is 12.1 Å². The molecule has 9 heteroatoms. The fourth-order valence-corrected chi connectivity index (χ4v) is 5.47. The number of anilines is 1. The highest BCUT2D eigenvalue weighted by atomic mass is 35.5. The summed E-state index contributed by atoms with van der Waals surface area (Å²) in [5.74, 6) is 0.0252. The predicted molar refractivity (Wildman–Crippen MR) is 122 cm³/mol. The zero-order valence-electron chi connectivity index (χ0n) is 18.1. The average Bonchev–Trinajstić information content (AvgIpc) is 3.21. The third-order valence-electron chi connectivity index (χ3n) is 6.80. The molecule has 0 radical (unpaired) electrons. The molecule has 3 N–H and O–H groups in total. The molecule has 0 atom stereocenters. The molecule has 32 heavy (non-hydrogen) atoms. The molecule has 1 spiro atoms. The number of nitrogens with one attached hydrogen (secondary N) is 3. The predicted octanol–water partition coefficient (Wildman–Crippen LogP) is 3.83. The molecule has 2 aromatic rings. The highest BCUT2D eigenvalue weighted by Crippen LogP contribution is 2.48. The first-order chi connectivity index (χ1) is 15.6. The standard InChI is InChI=1S/C23H29ClN4O4/c24-16-13-15-14-17(21(29)25-7-4-8-28-9-11-31-12-10-28)32-20(15)18-19(16)26-22(30)27-23(18)5-2-1-3-6-23/h13-14H,1-12H2,(H,25,29)(H2,26,27,30). The first kappa shape index (κ1) is 21.6. The molecule has 3 amide bonds. The molecule has 2 fully saturated rings. The highest BCUT2D eigenvalue weighted by molar-refractivity contribution is 6.35. The van der Waals surface area contributed by atoms with E-state index in [-0.39, 0.29) is 17.7 Å². The Morgan fingerprint density at radius 1 is 1.19 bits per heavy atom. The number of furan rings is 1. The quantitative estimate of drug-likeness (QED) is 0.589. The number of ether oxygens (including phenoxy) is 1. The molecule has 1 aromatic carbocycles. The first-order valence-corrected chi connectivity index (χ1v) is 11.9. The van der Waals surface area contributed by atoms with Crippen molar-refractivity contribution in [2.24, 2.45) is 0 Å². The Kier molecular flexibility index (Phi) is 6.01. The first-order valence-electron chi connectivity index (χ1n) is 11.5. The molecular weight excluding hydrogens is 432 g/mol. The number of hydrogen-bond donors (Lipinski definition) is 3. The van der Waals surface area contributed by atoms with Gasteiger partial charge in [-0.3, -0.25) is 9.69 Å². The minimum Gasteiger partial charge on any atom is -0.450 e. The van der Waals surface area contributed by atoms with E-state index in [4.69, 9.17) is 20.8 Å². The molecule has 2 aliphatic heterocycles. The van der Waals surface area contributed by atoms with E-state index in [1.165, 1.54) is 0 Å². The topological polar surface area (TPSA) is 95.8 Å². The normalized spacial score (nSPS) is 20.6. The summed E-state index contributed by atoms with van der Waals surface area (Å²) in [6, 6.07) is 3.26. The second kappa shape index (κ2) is 8.92. The number of benzene rings is 1. The molecule has 0 bridgehead atoms. The van der Waals surface area contributed by atoms with Gasteiger partial charge in [-0.25, -0.2) is 4.79 Å². The monoisotopic (exact) mass is 460 g/mol. The number of rotatable bonds is 5. The minimum absolute atomic E-state index is 0.237. The molecule has 1 saturated heterocycles. The van der Waals surface area contributed by atoms with Crippen molar-refractivity contribution in [1.82, 2.24) is 15.5 Å². The smallest absolute Gasteiger partial charge is 0.319 e. The van der Waals surface area contributed by atoms with Gasteiger partial charge in [0, 0.05) is 30.6 Å². The van der Waals surface area contributed by atoms with Crippen molar-refractivity contribution < 1.29 is 18.7 Å². The van der Waals surface area contributed by atoms with Crippen molar-refractivity contribution in [2.75, 3.05) is 44.7 Å². The van der Waals surface area contributed by atoms with Gasteiger partial charge in [-0.15, -0.1) is 0 Å². The highest BCUT2D eigenvalue weighted by Gasteiger charge is 2.43. The lowest BCUT2D eigenvalue weighted by Crippen LogP contribution is -2.52. The number of carbonyl (C=O) groups excluding carboxylic acids is 2. The molecule has 1 aliphatic carbocycles. The lowest BCUT2D eigenvalue weighted by atomic mass is 9.74. The third-order valence-corrected chi connectivity index (χ3v) is 7.10. The molecular formula is C23H29ClN4O4. The Labute approximate surface area is 192 Å². The van der Waals surface area contributed by atoms with Crippen LogP contribution >= 0.6 is 11.6 Å². The summed E-state index contributed by atoms with van der Waals surface area (Å²) >= 11 is 6.56. The Morgan fingerprint density at radius 3 is 2.75 bits per heavy atom. The molecule has 1 aromatic heterocycles. The Bertz CT molecular complexity index is 1020. The maximum Gasteiger partial charge on any atom is 0.319 e. The van der Waals surface area contributed by atoms with Crippen LogP contribution in [0.15, 0.2) is 16.5 Å².